The normalized spacial score (nSPS) is 11.7. The van der Waals surface area contributed by atoms with Crippen molar-refractivity contribution in [2.75, 3.05) is 0 Å². The molecule has 0 aliphatic heterocycles. The Labute approximate surface area is 80.6 Å². The molecular weight excluding hydrogens is 216 g/mol. The summed E-state index contributed by atoms with van der Waals surface area (Å²) in [5.74, 6) is 5.24. The molecule has 0 spiro atoms. The molecule has 0 fully saturated rings. The van der Waals surface area contributed by atoms with Gasteiger partial charge in [-0.25, -0.2) is 0 Å². The molecule has 2 N–H and O–H groups in total. The summed E-state index contributed by atoms with van der Waals surface area (Å²) in [5.41, 5.74) is 2.01. The molecule has 0 aromatic heterocycles. The van der Waals surface area contributed by atoms with Gasteiger partial charge in [-0.2, -0.15) is 5.10 Å². The SMILES string of the molecule is CC/C(=N/N)c1cccc(Br)c1. The van der Waals surface area contributed by atoms with Crippen molar-refractivity contribution in [3.05, 3.63) is 34.3 Å². The maximum Gasteiger partial charge on any atom is 0.0670 e. The molecule has 3 heteroatoms. The number of rotatable bonds is 2. The van der Waals surface area contributed by atoms with Crippen molar-refractivity contribution in [3.8, 4) is 0 Å². The van der Waals surface area contributed by atoms with E-state index in [2.05, 4.69) is 21.0 Å². The molecule has 0 radical (unpaired) electrons. The molecular formula is C9H11BrN2. The zero-order valence-corrected chi connectivity index (χ0v) is 8.51. The number of hydrazone groups is 1. The lowest BCUT2D eigenvalue weighted by atomic mass is 10.1. The van der Waals surface area contributed by atoms with Gasteiger partial charge in [-0.3, -0.25) is 0 Å². The van der Waals surface area contributed by atoms with Crippen molar-refractivity contribution >= 4 is 21.6 Å². The van der Waals surface area contributed by atoms with E-state index >= 15 is 0 Å². The molecule has 0 bridgehead atoms. The number of benzene rings is 1. The summed E-state index contributed by atoms with van der Waals surface area (Å²) in [6.07, 6.45) is 0.854. The summed E-state index contributed by atoms with van der Waals surface area (Å²) in [5, 5.41) is 3.71. The molecule has 1 rings (SSSR count). The fourth-order valence-electron chi connectivity index (χ4n) is 1.04. The number of nitrogens with zero attached hydrogens (tertiary/aromatic N) is 1. The van der Waals surface area contributed by atoms with Crippen molar-refractivity contribution in [1.82, 2.24) is 0 Å². The van der Waals surface area contributed by atoms with Gasteiger partial charge in [-0.05, 0) is 24.1 Å². The average Bonchev–Trinajstić information content (AvgIpc) is 2.07. The van der Waals surface area contributed by atoms with Gasteiger partial charge in [0.2, 0.25) is 0 Å². The highest BCUT2D eigenvalue weighted by Gasteiger charge is 1.99. The third-order valence-corrected chi connectivity index (χ3v) is 2.14. The summed E-state index contributed by atoms with van der Waals surface area (Å²) in [6, 6.07) is 7.96. The van der Waals surface area contributed by atoms with Crippen LogP contribution in [0.15, 0.2) is 33.8 Å². The third kappa shape index (κ3) is 2.08. The number of nitrogens with two attached hydrogens (primary N) is 1. The minimum atomic E-state index is 0.854. The van der Waals surface area contributed by atoms with Gasteiger partial charge in [-0.1, -0.05) is 35.0 Å². The van der Waals surface area contributed by atoms with Gasteiger partial charge in [-0.15, -0.1) is 0 Å². The summed E-state index contributed by atoms with van der Waals surface area (Å²) < 4.78 is 1.05. The number of halogens is 1. The molecule has 2 nitrogen and oxygen atoms in total. The third-order valence-electron chi connectivity index (χ3n) is 1.65. The lowest BCUT2D eigenvalue weighted by molar-refractivity contribution is 1.17. The minimum Gasteiger partial charge on any atom is -0.323 e. The van der Waals surface area contributed by atoms with Crippen LogP contribution in [0.5, 0.6) is 0 Å². The van der Waals surface area contributed by atoms with Crippen LogP contribution in [0.3, 0.4) is 0 Å². The monoisotopic (exact) mass is 226 g/mol. The smallest absolute Gasteiger partial charge is 0.0670 e. The summed E-state index contributed by atoms with van der Waals surface area (Å²) in [6.45, 7) is 2.03. The van der Waals surface area contributed by atoms with Gasteiger partial charge >= 0.3 is 0 Å². The van der Waals surface area contributed by atoms with Crippen LogP contribution in [0.4, 0.5) is 0 Å². The van der Waals surface area contributed by atoms with E-state index in [1.807, 2.05) is 31.2 Å². The van der Waals surface area contributed by atoms with E-state index in [1.165, 1.54) is 0 Å². The molecule has 0 aliphatic carbocycles. The molecule has 0 saturated carbocycles. The lowest BCUT2D eigenvalue weighted by Crippen LogP contribution is -2.02. The zero-order chi connectivity index (χ0) is 8.97. The van der Waals surface area contributed by atoms with Crippen molar-refractivity contribution in [3.63, 3.8) is 0 Å². The van der Waals surface area contributed by atoms with Crippen LogP contribution in [0.1, 0.15) is 18.9 Å². The quantitative estimate of drug-likeness (QED) is 0.470. The molecule has 64 valence electrons. The molecule has 0 aliphatic rings. The molecule has 1 aromatic carbocycles. The summed E-state index contributed by atoms with van der Waals surface area (Å²) >= 11 is 3.39. The van der Waals surface area contributed by atoms with E-state index in [-0.39, 0.29) is 0 Å². The van der Waals surface area contributed by atoms with Crippen molar-refractivity contribution < 1.29 is 0 Å². The highest BCUT2D eigenvalue weighted by atomic mass is 79.9. The predicted octanol–water partition coefficient (Wildman–Crippen LogP) is 2.52. The standard InChI is InChI=1S/C9H11BrN2/c1-2-9(12-11)7-4-3-5-8(10)6-7/h3-6H,2,11H2,1H3/b12-9-. The summed E-state index contributed by atoms with van der Waals surface area (Å²) in [4.78, 5) is 0. The van der Waals surface area contributed by atoms with Crippen LogP contribution in [0.2, 0.25) is 0 Å². The Kier molecular flexibility index (Phi) is 3.29. The Balaban J connectivity index is 3.02. The fraction of sp³-hybridized carbons (Fsp3) is 0.222. The number of hydrogen-bond donors (Lipinski definition) is 1. The number of hydrogen-bond acceptors (Lipinski definition) is 2. The van der Waals surface area contributed by atoms with Crippen LogP contribution in [0.25, 0.3) is 0 Å². The average molecular weight is 227 g/mol. The molecule has 0 atom stereocenters. The first-order valence-corrected chi connectivity index (χ1v) is 4.60. The predicted molar refractivity (Wildman–Crippen MR) is 55.2 cm³/mol. The van der Waals surface area contributed by atoms with E-state index in [4.69, 9.17) is 5.84 Å². The van der Waals surface area contributed by atoms with Crippen molar-refractivity contribution in [2.45, 2.75) is 13.3 Å². The Morgan fingerprint density at radius 3 is 2.83 bits per heavy atom. The maximum absolute atomic E-state index is 5.24. The van der Waals surface area contributed by atoms with Gasteiger partial charge in [0.05, 0.1) is 5.71 Å². The van der Waals surface area contributed by atoms with E-state index in [1.54, 1.807) is 0 Å². The highest BCUT2D eigenvalue weighted by molar-refractivity contribution is 9.10. The first-order chi connectivity index (χ1) is 5.77. The zero-order valence-electron chi connectivity index (χ0n) is 6.92. The molecule has 0 heterocycles. The van der Waals surface area contributed by atoms with Gasteiger partial charge in [0, 0.05) is 4.47 Å². The Morgan fingerprint density at radius 1 is 1.58 bits per heavy atom. The van der Waals surface area contributed by atoms with Gasteiger partial charge in [0.15, 0.2) is 0 Å². The second kappa shape index (κ2) is 4.26. The Morgan fingerprint density at radius 2 is 2.33 bits per heavy atom. The highest BCUT2D eigenvalue weighted by Crippen LogP contribution is 2.13. The second-order valence-electron chi connectivity index (χ2n) is 2.44. The van der Waals surface area contributed by atoms with Gasteiger partial charge in [0.25, 0.3) is 0 Å². The second-order valence-corrected chi connectivity index (χ2v) is 3.36. The molecule has 1 aromatic rings. The van der Waals surface area contributed by atoms with E-state index in [9.17, 15) is 0 Å². The largest absolute Gasteiger partial charge is 0.323 e. The molecule has 0 unspecified atom stereocenters. The molecule has 0 saturated heterocycles. The minimum absolute atomic E-state index is 0.854. The van der Waals surface area contributed by atoms with Crippen molar-refractivity contribution in [1.29, 1.82) is 0 Å². The first kappa shape index (κ1) is 9.26. The Hall–Kier alpha value is -0.830. The van der Waals surface area contributed by atoms with Crippen molar-refractivity contribution in [2.24, 2.45) is 10.9 Å². The first-order valence-electron chi connectivity index (χ1n) is 3.80. The van der Waals surface area contributed by atoms with Gasteiger partial charge in [0.1, 0.15) is 0 Å². The fourth-order valence-corrected chi connectivity index (χ4v) is 1.44. The van der Waals surface area contributed by atoms with Crippen LogP contribution in [0, 0.1) is 0 Å². The maximum atomic E-state index is 5.24. The van der Waals surface area contributed by atoms with E-state index in [0.717, 1.165) is 22.2 Å². The molecule has 0 amide bonds. The molecule has 12 heavy (non-hydrogen) atoms. The summed E-state index contributed by atoms with van der Waals surface area (Å²) in [7, 11) is 0. The van der Waals surface area contributed by atoms with E-state index in [0.29, 0.717) is 0 Å². The van der Waals surface area contributed by atoms with Gasteiger partial charge < -0.3 is 5.84 Å². The topological polar surface area (TPSA) is 38.4 Å². The lowest BCUT2D eigenvalue weighted by Gasteiger charge is -2.01. The van der Waals surface area contributed by atoms with E-state index < -0.39 is 0 Å². The van der Waals surface area contributed by atoms with Crippen LogP contribution in [-0.2, 0) is 0 Å². The van der Waals surface area contributed by atoms with Crippen LogP contribution >= 0.6 is 15.9 Å². The van der Waals surface area contributed by atoms with Crippen LogP contribution in [-0.4, -0.2) is 5.71 Å². The van der Waals surface area contributed by atoms with Crippen LogP contribution < -0.4 is 5.84 Å². The Bertz CT molecular complexity index is 294.